The molecule has 9 rings (SSSR count). The van der Waals surface area contributed by atoms with Crippen molar-refractivity contribution in [3.05, 3.63) is 70.6 Å². The molecule has 362 valence electrons. The van der Waals surface area contributed by atoms with E-state index in [2.05, 4.69) is 42.9 Å². The van der Waals surface area contributed by atoms with E-state index in [1.54, 1.807) is 64.4 Å². The highest BCUT2D eigenvalue weighted by atomic mass is 16.6. The Hall–Kier alpha value is -5.17. The minimum Gasteiger partial charge on any atom is -0.494 e. The molecule has 5 aliphatic rings. The van der Waals surface area contributed by atoms with Gasteiger partial charge in [-0.2, -0.15) is 4.98 Å². The topological polar surface area (TPSA) is 143 Å². The summed E-state index contributed by atoms with van der Waals surface area (Å²) in [6, 6.07) is 14.8. The van der Waals surface area contributed by atoms with Crippen LogP contribution >= 0.6 is 0 Å². The van der Waals surface area contributed by atoms with Gasteiger partial charge in [0.25, 0.3) is 5.56 Å². The van der Waals surface area contributed by atoms with Crippen LogP contribution in [0.5, 0.6) is 5.75 Å². The van der Waals surface area contributed by atoms with E-state index >= 15 is 0 Å². The number of benzene rings is 2. The summed E-state index contributed by atoms with van der Waals surface area (Å²) in [6.07, 6.45) is 23.0. The maximum atomic E-state index is 13.5. The number of hydrogen-bond acceptors (Lipinski definition) is 10. The first-order valence-electron chi connectivity index (χ1n) is 25.5. The number of methoxy groups -OCH3 is 1. The summed E-state index contributed by atoms with van der Waals surface area (Å²) in [6.45, 7) is 13.3. The van der Waals surface area contributed by atoms with Crippen LogP contribution in [-0.4, -0.2) is 83.4 Å². The lowest BCUT2D eigenvalue weighted by Gasteiger charge is -2.56. The van der Waals surface area contributed by atoms with Crippen LogP contribution in [0.3, 0.4) is 0 Å². The Labute approximate surface area is 398 Å². The van der Waals surface area contributed by atoms with Gasteiger partial charge in [0.05, 0.1) is 18.5 Å². The number of hydrogen-bond donors (Lipinski definition) is 3. The third kappa shape index (κ3) is 12.9. The molecule has 0 radical (unpaired) electrons. The summed E-state index contributed by atoms with van der Waals surface area (Å²) in [5, 5.41) is 10.1. The first-order valence-corrected chi connectivity index (χ1v) is 25.5. The normalized spacial score (nSPS) is 21.4. The van der Waals surface area contributed by atoms with Crippen LogP contribution in [0.15, 0.2) is 59.5 Å². The van der Waals surface area contributed by atoms with Crippen LogP contribution in [0.1, 0.15) is 135 Å². The van der Waals surface area contributed by atoms with Crippen molar-refractivity contribution in [3.8, 4) is 11.4 Å². The molecule has 5 fully saturated rings. The minimum absolute atomic E-state index is 0.255. The van der Waals surface area contributed by atoms with Crippen LogP contribution in [0.25, 0.3) is 16.7 Å². The molecule has 1 aliphatic heterocycles. The summed E-state index contributed by atoms with van der Waals surface area (Å²) in [4.78, 5) is 53.3. The lowest BCUT2D eigenvalue weighted by atomic mass is 9.49. The number of anilines is 4. The van der Waals surface area contributed by atoms with Gasteiger partial charge < -0.3 is 25.0 Å². The molecule has 3 heterocycles. The fraction of sp³-hybridized carbons (Fsp3) is 0.611. The largest absolute Gasteiger partial charge is 0.494 e. The summed E-state index contributed by atoms with van der Waals surface area (Å²) < 4.78 is 12.8. The first-order chi connectivity index (χ1) is 32.3. The van der Waals surface area contributed by atoms with Gasteiger partial charge in [0.1, 0.15) is 11.4 Å². The quantitative estimate of drug-likeness (QED) is 0.0691. The Morgan fingerprint density at radius 1 is 0.806 bits per heavy atom. The molecule has 0 unspecified atom stereocenters. The van der Waals surface area contributed by atoms with Crippen molar-refractivity contribution in [1.82, 2.24) is 24.8 Å². The predicted molar refractivity (Wildman–Crippen MR) is 269 cm³/mol. The molecular weight excluding hydrogens is 841 g/mol. The van der Waals surface area contributed by atoms with Crippen LogP contribution in [0.2, 0.25) is 0 Å². The van der Waals surface area contributed by atoms with Crippen molar-refractivity contribution in [3.63, 3.8) is 0 Å². The van der Waals surface area contributed by atoms with Crippen molar-refractivity contribution in [2.24, 2.45) is 23.2 Å². The number of pyridine rings is 1. The molecule has 0 spiro atoms. The van der Waals surface area contributed by atoms with E-state index in [1.807, 2.05) is 13.0 Å². The van der Waals surface area contributed by atoms with Gasteiger partial charge in [0.15, 0.2) is 5.65 Å². The van der Waals surface area contributed by atoms with Gasteiger partial charge in [-0.15, -0.1) is 0 Å². The highest BCUT2D eigenvalue weighted by molar-refractivity contribution is 5.86. The Kier molecular flexibility index (Phi) is 15.7. The molecule has 13 nitrogen and oxygen atoms in total. The summed E-state index contributed by atoms with van der Waals surface area (Å²) >= 11 is 0. The van der Waals surface area contributed by atoms with Crippen LogP contribution < -0.4 is 31.1 Å². The van der Waals surface area contributed by atoms with Crippen LogP contribution in [-0.2, 0) is 9.53 Å². The molecule has 4 aliphatic carbocycles. The molecular formula is C54H76N8O5. The average molecular weight is 917 g/mol. The molecule has 4 saturated carbocycles. The number of carbonyl (C=O) groups is 2. The number of carbonyl (C=O) groups excluding carboxylic acids is 2. The molecule has 3 N–H and O–H groups in total. The molecule has 4 aromatic rings. The Morgan fingerprint density at radius 2 is 1.46 bits per heavy atom. The molecule has 0 atom stereocenters. The molecule has 2 amide bonds. The van der Waals surface area contributed by atoms with Gasteiger partial charge in [0, 0.05) is 74.2 Å². The summed E-state index contributed by atoms with van der Waals surface area (Å²) in [7, 11) is 1.66. The number of fused-ring (bicyclic) bond motifs is 1. The fourth-order valence-corrected chi connectivity index (χ4v) is 12.0. The SMILES string of the molecule is COc1cc(N2CCN(CCCCCCCCCCCCNC(=O)CC34CC5CC(CC(C5)C3)C4)CC2)ccc1Nc1ncc2c(C)cc(=O)n(-c3cccc(NC(=O)OC(C)(C)C)c3)c2n1. The first kappa shape index (κ1) is 48.3. The second kappa shape index (κ2) is 21.8. The number of piperazine rings is 1. The van der Waals surface area contributed by atoms with Crippen molar-refractivity contribution in [2.75, 3.05) is 61.9 Å². The van der Waals surface area contributed by atoms with E-state index in [0.717, 1.165) is 86.5 Å². The zero-order chi connectivity index (χ0) is 47.0. The smallest absolute Gasteiger partial charge is 0.412 e. The van der Waals surface area contributed by atoms with Crippen LogP contribution in [0, 0.1) is 30.1 Å². The number of aryl methyl sites for hydroxylation is 1. The van der Waals surface area contributed by atoms with Crippen LogP contribution in [0.4, 0.5) is 27.8 Å². The number of rotatable bonds is 21. The van der Waals surface area contributed by atoms with Gasteiger partial charge in [-0.05, 0) is 145 Å². The number of aromatic nitrogens is 3. The lowest BCUT2D eigenvalue weighted by molar-refractivity contribution is -0.129. The number of nitrogens with one attached hydrogen (secondary N) is 3. The minimum atomic E-state index is -0.650. The lowest BCUT2D eigenvalue weighted by Crippen LogP contribution is -2.48. The van der Waals surface area contributed by atoms with Crippen molar-refractivity contribution < 1.29 is 19.1 Å². The van der Waals surface area contributed by atoms with Gasteiger partial charge >= 0.3 is 6.09 Å². The zero-order valence-corrected chi connectivity index (χ0v) is 41.0. The Balaban J connectivity index is 0.720. The second-order valence-electron chi connectivity index (χ2n) is 21.4. The van der Waals surface area contributed by atoms with E-state index in [0.29, 0.717) is 45.7 Å². The summed E-state index contributed by atoms with van der Waals surface area (Å²) in [5.41, 5.74) is 3.49. The van der Waals surface area contributed by atoms with E-state index < -0.39 is 11.7 Å². The second-order valence-corrected chi connectivity index (χ2v) is 21.4. The van der Waals surface area contributed by atoms with E-state index in [9.17, 15) is 14.4 Å². The molecule has 4 bridgehead atoms. The van der Waals surface area contributed by atoms with Crippen molar-refractivity contribution in [2.45, 2.75) is 142 Å². The molecule has 2 aromatic heterocycles. The molecule has 67 heavy (non-hydrogen) atoms. The van der Waals surface area contributed by atoms with Crippen molar-refractivity contribution >= 4 is 46.0 Å². The fourth-order valence-electron chi connectivity index (χ4n) is 12.0. The van der Waals surface area contributed by atoms with Gasteiger partial charge in [-0.25, -0.2) is 9.78 Å². The van der Waals surface area contributed by atoms with Crippen molar-refractivity contribution in [1.29, 1.82) is 0 Å². The number of ether oxygens (including phenoxy) is 2. The number of nitrogens with zero attached hydrogens (tertiary/aromatic N) is 5. The highest BCUT2D eigenvalue weighted by Crippen LogP contribution is 2.61. The highest BCUT2D eigenvalue weighted by Gasteiger charge is 2.51. The Morgan fingerprint density at radius 3 is 2.12 bits per heavy atom. The molecule has 2 aromatic carbocycles. The molecule has 1 saturated heterocycles. The maximum Gasteiger partial charge on any atom is 0.412 e. The monoisotopic (exact) mass is 917 g/mol. The number of amides is 2. The molecule has 13 heteroatoms. The van der Waals surface area contributed by atoms with Gasteiger partial charge in [-0.3, -0.25) is 24.4 Å². The third-order valence-corrected chi connectivity index (χ3v) is 14.8. The van der Waals surface area contributed by atoms with E-state index in [4.69, 9.17) is 14.5 Å². The zero-order valence-electron chi connectivity index (χ0n) is 41.0. The van der Waals surface area contributed by atoms with Gasteiger partial charge in [-0.1, -0.05) is 57.4 Å². The standard InChI is InChI=1S/C54H76N8O5/c1-38-27-49(64)62(44-18-16-17-42(31-44)57-52(65)67-53(2,3)4)50-45(38)37-56-51(59-50)58-46-20-19-43(32-47(46)66-5)61-25-23-60(24-26-61)22-15-13-11-9-7-6-8-10-12-14-21-55-48(63)36-54-33-39-28-40(34-54)30-41(29-39)35-54/h16-20,27,31-32,37,39-41H,6-15,21-26,28-30,33-36H2,1-5H3,(H,55,63)(H,57,65)(H,56,58,59). The maximum absolute atomic E-state index is 13.5. The third-order valence-electron chi connectivity index (χ3n) is 14.8. The predicted octanol–water partition coefficient (Wildman–Crippen LogP) is 10.9. The summed E-state index contributed by atoms with van der Waals surface area (Å²) in [5.74, 6) is 4.06. The van der Waals surface area contributed by atoms with E-state index in [-0.39, 0.29) is 5.56 Å². The van der Waals surface area contributed by atoms with Gasteiger partial charge in [0.2, 0.25) is 11.9 Å². The van der Waals surface area contributed by atoms with E-state index in [1.165, 1.54) is 101 Å². The Bertz CT molecular complexity index is 2350. The number of unbranched alkanes of at least 4 members (excludes halogenated alkanes) is 9. The average Bonchev–Trinajstić information content (AvgIpc) is 3.27.